The van der Waals surface area contributed by atoms with Gasteiger partial charge in [-0.25, -0.2) is 4.98 Å². The van der Waals surface area contributed by atoms with E-state index < -0.39 is 0 Å². The summed E-state index contributed by atoms with van der Waals surface area (Å²) < 4.78 is 1.92. The number of rotatable bonds is 4. The maximum absolute atomic E-state index is 12.5. The van der Waals surface area contributed by atoms with Crippen molar-refractivity contribution in [1.82, 2.24) is 19.8 Å². The molecule has 0 spiro atoms. The van der Waals surface area contributed by atoms with Crippen LogP contribution in [0.5, 0.6) is 0 Å². The van der Waals surface area contributed by atoms with Gasteiger partial charge in [-0.2, -0.15) is 0 Å². The monoisotopic (exact) mass is 302 g/mol. The van der Waals surface area contributed by atoms with Crippen molar-refractivity contribution in [2.75, 3.05) is 13.1 Å². The lowest BCUT2D eigenvalue weighted by Gasteiger charge is -2.34. The first-order valence-corrected chi connectivity index (χ1v) is 8.20. The quantitative estimate of drug-likeness (QED) is 0.900. The van der Waals surface area contributed by atoms with Gasteiger partial charge in [-0.1, -0.05) is 6.92 Å². The third-order valence-electron chi connectivity index (χ3n) is 5.13. The second-order valence-electron chi connectivity index (χ2n) is 7.03. The minimum atomic E-state index is -0.344. The highest BCUT2D eigenvalue weighted by Gasteiger charge is 2.43. The number of fused-ring (bicyclic) bond motifs is 1. The van der Waals surface area contributed by atoms with Gasteiger partial charge in [-0.15, -0.1) is 0 Å². The first kappa shape index (κ1) is 13.8. The Balaban J connectivity index is 1.49. The largest absolute Gasteiger partial charge is 0.354 e. The Morgan fingerprint density at radius 3 is 2.86 bits per heavy atom. The van der Waals surface area contributed by atoms with E-state index in [9.17, 15) is 9.59 Å². The van der Waals surface area contributed by atoms with Gasteiger partial charge in [0.15, 0.2) is 0 Å². The molecule has 2 aliphatic carbocycles. The molecule has 6 nitrogen and oxygen atoms in total. The molecule has 0 radical (unpaired) electrons. The fourth-order valence-corrected chi connectivity index (χ4v) is 3.25. The van der Waals surface area contributed by atoms with Gasteiger partial charge < -0.3 is 14.8 Å². The second-order valence-corrected chi connectivity index (χ2v) is 7.03. The Morgan fingerprint density at radius 1 is 1.41 bits per heavy atom. The molecule has 0 unspecified atom stereocenters. The summed E-state index contributed by atoms with van der Waals surface area (Å²) in [5.74, 6) is 1.50. The summed E-state index contributed by atoms with van der Waals surface area (Å²) in [6.07, 6.45) is 6.87. The normalized spacial score (nSPS) is 29.9. The summed E-state index contributed by atoms with van der Waals surface area (Å²) in [6.45, 7) is 3.89. The molecule has 4 rings (SSSR count). The molecule has 2 heterocycles. The Labute approximate surface area is 129 Å². The maximum Gasteiger partial charge on any atom is 0.244 e. The van der Waals surface area contributed by atoms with Crippen LogP contribution in [0.4, 0.5) is 0 Å². The number of amides is 2. The number of aromatic nitrogens is 2. The number of nitrogens with zero attached hydrogens (tertiary/aromatic N) is 3. The highest BCUT2D eigenvalue weighted by Crippen LogP contribution is 2.40. The van der Waals surface area contributed by atoms with Crippen LogP contribution in [0.3, 0.4) is 0 Å². The van der Waals surface area contributed by atoms with Crippen molar-refractivity contribution in [3.63, 3.8) is 0 Å². The molecule has 0 saturated heterocycles. The highest BCUT2D eigenvalue weighted by molar-refractivity contribution is 5.84. The summed E-state index contributed by atoms with van der Waals surface area (Å²) in [7, 11) is 0. The van der Waals surface area contributed by atoms with E-state index >= 15 is 0 Å². The molecular formula is C16H22N4O2. The van der Waals surface area contributed by atoms with Crippen LogP contribution in [0.1, 0.15) is 37.9 Å². The minimum Gasteiger partial charge on any atom is -0.354 e. The number of carbonyl (C=O) groups is 2. The summed E-state index contributed by atoms with van der Waals surface area (Å²) in [4.78, 5) is 31.0. The average molecular weight is 302 g/mol. The fourth-order valence-electron chi connectivity index (χ4n) is 3.25. The van der Waals surface area contributed by atoms with Crippen LogP contribution in [0.15, 0.2) is 12.5 Å². The first-order chi connectivity index (χ1) is 10.6. The zero-order valence-electron chi connectivity index (χ0n) is 12.9. The topological polar surface area (TPSA) is 67.2 Å². The van der Waals surface area contributed by atoms with E-state index in [0.717, 1.165) is 18.7 Å². The number of carbonyl (C=O) groups excluding carboxylic acids is 2. The van der Waals surface area contributed by atoms with Crippen LogP contribution in [0.2, 0.25) is 0 Å². The molecule has 1 aromatic heterocycles. The standard InChI is InChI=1S/C16H22N4O2/c1-10-4-13(10)16(22)19-7-12-6-17-9-20(12)14(8-19)15(21)18-5-11-2-3-11/h6,9-11,13-14H,2-5,7-8H2,1H3,(H,18,21)/t10-,13-,14-/m1/s1. The predicted molar refractivity (Wildman–Crippen MR) is 79.7 cm³/mol. The van der Waals surface area contributed by atoms with E-state index in [2.05, 4.69) is 17.2 Å². The van der Waals surface area contributed by atoms with Crippen LogP contribution in [0, 0.1) is 17.8 Å². The number of hydrogen-bond acceptors (Lipinski definition) is 3. The van der Waals surface area contributed by atoms with Gasteiger partial charge in [0.2, 0.25) is 11.8 Å². The van der Waals surface area contributed by atoms with Crippen molar-refractivity contribution in [2.45, 2.75) is 38.8 Å². The van der Waals surface area contributed by atoms with Crippen molar-refractivity contribution < 1.29 is 9.59 Å². The van der Waals surface area contributed by atoms with Crippen LogP contribution in [0.25, 0.3) is 0 Å². The summed E-state index contributed by atoms with van der Waals surface area (Å²) in [5, 5.41) is 3.03. The van der Waals surface area contributed by atoms with Crippen LogP contribution >= 0.6 is 0 Å². The SMILES string of the molecule is C[C@@H]1C[C@H]1C(=O)N1Cc2cncn2[C@@H](C(=O)NCC2CC2)C1. The van der Waals surface area contributed by atoms with E-state index in [1.165, 1.54) is 12.8 Å². The van der Waals surface area contributed by atoms with Gasteiger partial charge >= 0.3 is 0 Å². The zero-order valence-corrected chi connectivity index (χ0v) is 12.9. The van der Waals surface area contributed by atoms with Crippen molar-refractivity contribution in [1.29, 1.82) is 0 Å². The molecule has 1 N–H and O–H groups in total. The fraction of sp³-hybridized carbons (Fsp3) is 0.688. The molecule has 1 aliphatic heterocycles. The van der Waals surface area contributed by atoms with Gasteiger partial charge in [0.1, 0.15) is 6.04 Å². The lowest BCUT2D eigenvalue weighted by Crippen LogP contribution is -2.47. The van der Waals surface area contributed by atoms with Crippen molar-refractivity contribution in [3.8, 4) is 0 Å². The van der Waals surface area contributed by atoms with Crippen molar-refractivity contribution in [2.24, 2.45) is 17.8 Å². The van der Waals surface area contributed by atoms with Crippen LogP contribution in [-0.4, -0.2) is 39.4 Å². The number of imidazole rings is 1. The zero-order chi connectivity index (χ0) is 15.3. The predicted octanol–water partition coefficient (Wildman–Crippen LogP) is 0.949. The summed E-state index contributed by atoms with van der Waals surface area (Å²) in [5.41, 5.74) is 0.944. The van der Waals surface area contributed by atoms with E-state index in [0.29, 0.717) is 24.9 Å². The molecule has 2 amide bonds. The lowest BCUT2D eigenvalue weighted by molar-refractivity contribution is -0.136. The van der Waals surface area contributed by atoms with Gasteiger partial charge in [0, 0.05) is 18.7 Å². The van der Waals surface area contributed by atoms with Crippen LogP contribution in [-0.2, 0) is 16.1 Å². The molecule has 3 atom stereocenters. The molecule has 0 aromatic carbocycles. The van der Waals surface area contributed by atoms with Gasteiger partial charge in [0.25, 0.3) is 0 Å². The summed E-state index contributed by atoms with van der Waals surface area (Å²) >= 11 is 0. The minimum absolute atomic E-state index is 0.00694. The Morgan fingerprint density at radius 2 is 2.18 bits per heavy atom. The molecular weight excluding hydrogens is 280 g/mol. The third kappa shape index (κ3) is 2.51. The third-order valence-corrected chi connectivity index (χ3v) is 5.13. The molecule has 2 saturated carbocycles. The van der Waals surface area contributed by atoms with Crippen molar-refractivity contribution in [3.05, 3.63) is 18.2 Å². The van der Waals surface area contributed by atoms with Gasteiger partial charge in [-0.3, -0.25) is 9.59 Å². The first-order valence-electron chi connectivity index (χ1n) is 8.20. The lowest BCUT2D eigenvalue weighted by atomic mass is 10.1. The number of hydrogen-bond donors (Lipinski definition) is 1. The molecule has 6 heteroatoms. The Kier molecular flexibility index (Phi) is 3.20. The summed E-state index contributed by atoms with van der Waals surface area (Å²) in [6, 6.07) is -0.344. The average Bonchev–Trinajstić information content (AvgIpc) is 3.42. The maximum atomic E-state index is 12.5. The molecule has 0 bridgehead atoms. The molecule has 118 valence electrons. The van der Waals surface area contributed by atoms with E-state index in [-0.39, 0.29) is 23.8 Å². The smallest absolute Gasteiger partial charge is 0.244 e. The van der Waals surface area contributed by atoms with Gasteiger partial charge in [0.05, 0.1) is 25.1 Å². The molecule has 2 fully saturated rings. The van der Waals surface area contributed by atoms with Gasteiger partial charge in [-0.05, 0) is 31.1 Å². The second kappa shape index (κ2) is 5.11. The van der Waals surface area contributed by atoms with E-state index in [4.69, 9.17) is 0 Å². The molecule has 3 aliphatic rings. The van der Waals surface area contributed by atoms with E-state index in [1.54, 1.807) is 12.5 Å². The molecule has 22 heavy (non-hydrogen) atoms. The molecule has 1 aromatic rings. The number of nitrogens with one attached hydrogen (secondary N) is 1. The van der Waals surface area contributed by atoms with Crippen LogP contribution < -0.4 is 5.32 Å². The Hall–Kier alpha value is -1.85. The van der Waals surface area contributed by atoms with E-state index in [1.807, 2.05) is 9.47 Å². The van der Waals surface area contributed by atoms with Crippen molar-refractivity contribution >= 4 is 11.8 Å². The highest BCUT2D eigenvalue weighted by atomic mass is 16.2. The Bertz CT molecular complexity index is 607.